The van der Waals surface area contributed by atoms with Gasteiger partial charge in [-0.15, -0.1) is 0 Å². The van der Waals surface area contributed by atoms with Crippen LogP contribution >= 0.6 is 0 Å². The van der Waals surface area contributed by atoms with E-state index in [1.54, 1.807) is 13.0 Å². The molecule has 56 valence electrons. The molecule has 0 aromatic rings. The Labute approximate surface area is 59.6 Å². The highest BCUT2D eigenvalue weighted by molar-refractivity contribution is 5.77. The second-order valence-electron chi connectivity index (χ2n) is 2.13. The molecular weight excluding hydrogens is 132 g/mol. The first-order valence-corrected chi connectivity index (χ1v) is 3.30. The van der Waals surface area contributed by atoms with E-state index in [0.717, 1.165) is 0 Å². The Morgan fingerprint density at radius 1 is 1.80 bits per heavy atom. The van der Waals surface area contributed by atoms with E-state index in [4.69, 9.17) is 9.47 Å². The zero-order chi connectivity index (χ0) is 7.56. The molecule has 0 bridgehead atoms. The molecular formula is C7H10O3. The second kappa shape index (κ2) is 2.73. The zero-order valence-electron chi connectivity index (χ0n) is 6.09. The maximum atomic E-state index is 10.7. The van der Waals surface area contributed by atoms with E-state index >= 15 is 0 Å². The summed E-state index contributed by atoms with van der Waals surface area (Å²) in [6.45, 7) is 4.15. The van der Waals surface area contributed by atoms with Crippen molar-refractivity contribution in [2.75, 3.05) is 6.61 Å². The molecule has 1 atom stereocenters. The maximum absolute atomic E-state index is 10.7. The van der Waals surface area contributed by atoms with E-state index in [0.29, 0.717) is 12.6 Å². The largest absolute Gasteiger partial charge is 0.466 e. The number of esters is 1. The van der Waals surface area contributed by atoms with Gasteiger partial charge in [0.25, 0.3) is 5.95 Å². The highest BCUT2D eigenvalue weighted by atomic mass is 16.7. The predicted octanol–water partition coefficient (Wildman–Crippen LogP) is 1.06. The van der Waals surface area contributed by atoms with E-state index in [1.807, 2.05) is 6.92 Å². The third-order valence-electron chi connectivity index (χ3n) is 1.25. The highest BCUT2D eigenvalue weighted by Crippen LogP contribution is 2.17. The van der Waals surface area contributed by atoms with Gasteiger partial charge < -0.3 is 9.47 Å². The van der Waals surface area contributed by atoms with Crippen LogP contribution in [0.3, 0.4) is 0 Å². The first-order valence-electron chi connectivity index (χ1n) is 3.30. The van der Waals surface area contributed by atoms with Gasteiger partial charge in [0, 0.05) is 6.08 Å². The molecule has 1 unspecified atom stereocenters. The van der Waals surface area contributed by atoms with Gasteiger partial charge in [0.15, 0.2) is 0 Å². The van der Waals surface area contributed by atoms with Crippen molar-refractivity contribution >= 4 is 5.97 Å². The summed E-state index contributed by atoms with van der Waals surface area (Å²) in [5.74, 6) is -0.0370. The molecule has 3 heteroatoms. The lowest BCUT2D eigenvalue weighted by atomic mass is 10.2. The molecule has 0 aromatic carbocycles. The predicted molar refractivity (Wildman–Crippen MR) is 35.0 cm³/mol. The smallest absolute Gasteiger partial charge is 0.320 e. The average molecular weight is 142 g/mol. The van der Waals surface area contributed by atoms with Gasteiger partial charge in [-0.2, -0.15) is 0 Å². The van der Waals surface area contributed by atoms with Crippen LogP contribution < -0.4 is 0 Å². The Bertz CT molecular complexity index is 172. The normalized spacial score (nSPS) is 24.0. The number of hydrogen-bond donors (Lipinski definition) is 0. The molecule has 0 saturated heterocycles. The van der Waals surface area contributed by atoms with Crippen molar-refractivity contribution in [1.29, 1.82) is 0 Å². The molecule has 0 N–H and O–H groups in total. The Kier molecular flexibility index (Phi) is 1.94. The zero-order valence-corrected chi connectivity index (χ0v) is 6.09. The molecule has 1 heterocycles. The molecule has 10 heavy (non-hydrogen) atoms. The van der Waals surface area contributed by atoms with Gasteiger partial charge in [-0.25, -0.2) is 0 Å². The van der Waals surface area contributed by atoms with Gasteiger partial charge in [-0.05, 0) is 13.8 Å². The lowest BCUT2D eigenvalue weighted by Crippen LogP contribution is -2.03. The molecule has 1 aliphatic rings. The van der Waals surface area contributed by atoms with Crippen molar-refractivity contribution in [2.45, 2.75) is 13.8 Å². The fourth-order valence-corrected chi connectivity index (χ4v) is 0.718. The van der Waals surface area contributed by atoms with Crippen molar-refractivity contribution in [1.82, 2.24) is 0 Å². The first-order chi connectivity index (χ1) is 4.74. The van der Waals surface area contributed by atoms with Crippen molar-refractivity contribution in [3.8, 4) is 0 Å². The molecule has 0 spiro atoms. The molecule has 0 aromatic heterocycles. The summed E-state index contributed by atoms with van der Waals surface area (Å²) in [6, 6.07) is 0. The molecule has 1 rings (SSSR count). The summed E-state index contributed by atoms with van der Waals surface area (Å²) >= 11 is 0. The summed E-state index contributed by atoms with van der Waals surface area (Å²) in [6.07, 6.45) is 1.67. The third-order valence-corrected chi connectivity index (χ3v) is 1.25. The molecule has 0 saturated carbocycles. The van der Waals surface area contributed by atoms with Gasteiger partial charge in [0.2, 0.25) is 0 Å². The summed E-state index contributed by atoms with van der Waals surface area (Å²) in [5.41, 5.74) is 0. The van der Waals surface area contributed by atoms with E-state index in [-0.39, 0.29) is 11.9 Å². The Hall–Kier alpha value is -0.990. The lowest BCUT2D eigenvalue weighted by molar-refractivity contribution is -0.143. The SMILES string of the molecule is CCOC1=CC(C)C(=O)O1. The van der Waals surface area contributed by atoms with Crippen molar-refractivity contribution in [3.63, 3.8) is 0 Å². The summed E-state index contributed by atoms with van der Waals surface area (Å²) < 4.78 is 9.68. The molecule has 3 nitrogen and oxygen atoms in total. The number of carbonyl (C=O) groups excluding carboxylic acids is 1. The standard InChI is InChI=1S/C7H10O3/c1-3-9-6-4-5(2)7(8)10-6/h4-5H,3H2,1-2H3. The monoisotopic (exact) mass is 142 g/mol. The van der Waals surface area contributed by atoms with E-state index in [1.165, 1.54) is 0 Å². The quantitative estimate of drug-likeness (QED) is 0.541. The molecule has 0 aliphatic carbocycles. The van der Waals surface area contributed by atoms with E-state index in [2.05, 4.69) is 0 Å². The summed E-state index contributed by atoms with van der Waals surface area (Å²) in [7, 11) is 0. The van der Waals surface area contributed by atoms with E-state index in [9.17, 15) is 4.79 Å². The van der Waals surface area contributed by atoms with Crippen LogP contribution in [0, 0.1) is 5.92 Å². The Balaban J connectivity index is 2.50. The van der Waals surface area contributed by atoms with Crippen molar-refractivity contribution < 1.29 is 14.3 Å². The lowest BCUT2D eigenvalue weighted by Gasteiger charge is -2.00. The maximum Gasteiger partial charge on any atom is 0.320 e. The summed E-state index contributed by atoms with van der Waals surface area (Å²) in [4.78, 5) is 10.7. The van der Waals surface area contributed by atoms with Gasteiger partial charge in [0.05, 0.1) is 12.5 Å². The van der Waals surface area contributed by atoms with Crippen LogP contribution in [0.1, 0.15) is 13.8 Å². The van der Waals surface area contributed by atoms with Crippen LogP contribution in [0.15, 0.2) is 12.0 Å². The van der Waals surface area contributed by atoms with Crippen LogP contribution in [0.2, 0.25) is 0 Å². The van der Waals surface area contributed by atoms with Crippen LogP contribution in [0.4, 0.5) is 0 Å². The van der Waals surface area contributed by atoms with Crippen LogP contribution in [-0.2, 0) is 14.3 Å². The first kappa shape index (κ1) is 7.12. The van der Waals surface area contributed by atoms with Gasteiger partial charge >= 0.3 is 5.97 Å². The minimum atomic E-state index is -0.233. The Morgan fingerprint density at radius 3 is 2.90 bits per heavy atom. The highest BCUT2D eigenvalue weighted by Gasteiger charge is 2.23. The Morgan fingerprint density at radius 2 is 2.50 bits per heavy atom. The minimum Gasteiger partial charge on any atom is -0.466 e. The van der Waals surface area contributed by atoms with Gasteiger partial charge in [0.1, 0.15) is 0 Å². The molecule has 0 fully saturated rings. The topological polar surface area (TPSA) is 35.5 Å². The molecule has 1 aliphatic heterocycles. The third kappa shape index (κ3) is 1.29. The summed E-state index contributed by atoms with van der Waals surface area (Å²) in [5, 5.41) is 0. The van der Waals surface area contributed by atoms with E-state index < -0.39 is 0 Å². The number of hydrogen-bond acceptors (Lipinski definition) is 3. The fraction of sp³-hybridized carbons (Fsp3) is 0.571. The number of rotatable bonds is 2. The second-order valence-corrected chi connectivity index (χ2v) is 2.13. The number of cyclic esters (lactones) is 1. The fourth-order valence-electron chi connectivity index (χ4n) is 0.718. The number of ether oxygens (including phenoxy) is 2. The number of carbonyl (C=O) groups is 1. The minimum absolute atomic E-state index is 0.151. The average Bonchev–Trinajstić information content (AvgIpc) is 2.14. The molecule has 0 amide bonds. The van der Waals surface area contributed by atoms with Crippen molar-refractivity contribution in [3.05, 3.63) is 12.0 Å². The van der Waals surface area contributed by atoms with Gasteiger partial charge in [-0.3, -0.25) is 4.79 Å². The van der Waals surface area contributed by atoms with Crippen molar-refractivity contribution in [2.24, 2.45) is 5.92 Å². The van der Waals surface area contributed by atoms with Crippen LogP contribution in [0.5, 0.6) is 0 Å². The molecule has 0 radical (unpaired) electrons. The van der Waals surface area contributed by atoms with Crippen LogP contribution in [0.25, 0.3) is 0 Å². The van der Waals surface area contributed by atoms with Crippen LogP contribution in [-0.4, -0.2) is 12.6 Å². The van der Waals surface area contributed by atoms with Gasteiger partial charge in [-0.1, -0.05) is 0 Å².